The maximum absolute atomic E-state index is 6.09. The molecule has 0 amide bonds. The van der Waals surface area contributed by atoms with Crippen molar-refractivity contribution in [1.29, 1.82) is 0 Å². The van der Waals surface area contributed by atoms with Crippen molar-refractivity contribution >= 4 is 16.7 Å². The molecule has 0 aliphatic carbocycles. The van der Waals surface area contributed by atoms with Gasteiger partial charge in [-0.15, -0.1) is 0 Å². The van der Waals surface area contributed by atoms with Gasteiger partial charge in [0, 0.05) is 11.5 Å². The number of unbranched alkanes of at least 4 members (excludes halogenated alkanes) is 3. The van der Waals surface area contributed by atoms with E-state index >= 15 is 0 Å². The molecule has 0 aliphatic heterocycles. The van der Waals surface area contributed by atoms with Gasteiger partial charge in [-0.25, -0.2) is 0 Å². The van der Waals surface area contributed by atoms with Gasteiger partial charge >= 0.3 is 0 Å². The predicted octanol–water partition coefficient (Wildman–Crippen LogP) is 5.22. The van der Waals surface area contributed by atoms with Crippen molar-refractivity contribution in [2.24, 2.45) is 5.92 Å². The lowest BCUT2D eigenvalue weighted by Gasteiger charge is -2.17. The fourth-order valence-electron chi connectivity index (χ4n) is 3.24. The van der Waals surface area contributed by atoms with Crippen LogP contribution in [0.25, 0.3) is 10.9 Å². The van der Waals surface area contributed by atoms with Crippen molar-refractivity contribution in [3.05, 3.63) is 17.7 Å². The van der Waals surface area contributed by atoms with E-state index in [9.17, 15) is 0 Å². The van der Waals surface area contributed by atoms with E-state index in [1.165, 1.54) is 44.9 Å². The number of ether oxygens (including phenoxy) is 1. The van der Waals surface area contributed by atoms with Gasteiger partial charge in [-0.05, 0) is 37.3 Å². The summed E-state index contributed by atoms with van der Waals surface area (Å²) in [4.78, 5) is 0. The van der Waals surface area contributed by atoms with Crippen LogP contribution >= 0.6 is 0 Å². The van der Waals surface area contributed by atoms with Gasteiger partial charge in [-0.2, -0.15) is 5.10 Å². The van der Waals surface area contributed by atoms with Gasteiger partial charge in [0.1, 0.15) is 5.75 Å². The van der Waals surface area contributed by atoms with Crippen LogP contribution in [-0.2, 0) is 0 Å². The zero-order valence-corrected chi connectivity index (χ0v) is 14.8. The van der Waals surface area contributed by atoms with Gasteiger partial charge in [-0.3, -0.25) is 5.10 Å². The van der Waals surface area contributed by atoms with Crippen LogP contribution < -0.4 is 10.5 Å². The number of nitrogens with two attached hydrogens (primary N) is 1. The summed E-state index contributed by atoms with van der Waals surface area (Å²) in [5.41, 5.74) is 7.95. The third-order valence-electron chi connectivity index (χ3n) is 4.51. The molecule has 1 aromatic carbocycles. The van der Waals surface area contributed by atoms with Gasteiger partial charge in [0.05, 0.1) is 12.1 Å². The van der Waals surface area contributed by atoms with E-state index < -0.39 is 0 Å². The van der Waals surface area contributed by atoms with Crippen LogP contribution in [0.3, 0.4) is 0 Å². The Balaban J connectivity index is 1.94. The SMILES string of the molecule is CCCCCCC(CCC)COc1cc(C)c2c(N)n[nH]c2c1. The number of hydrogen-bond donors (Lipinski definition) is 2. The minimum atomic E-state index is 0.559. The van der Waals surface area contributed by atoms with Crippen LogP contribution in [0, 0.1) is 12.8 Å². The average molecular weight is 317 g/mol. The number of nitrogens with one attached hydrogen (secondary N) is 1. The second-order valence-electron chi connectivity index (χ2n) is 6.59. The monoisotopic (exact) mass is 317 g/mol. The molecule has 23 heavy (non-hydrogen) atoms. The third kappa shape index (κ3) is 4.88. The van der Waals surface area contributed by atoms with Crippen molar-refractivity contribution in [1.82, 2.24) is 10.2 Å². The molecule has 0 radical (unpaired) electrons. The summed E-state index contributed by atoms with van der Waals surface area (Å²) >= 11 is 0. The Kier molecular flexibility index (Phi) is 6.75. The Labute approximate surface area is 139 Å². The first-order valence-corrected chi connectivity index (χ1v) is 9.02. The topological polar surface area (TPSA) is 63.9 Å². The second-order valence-corrected chi connectivity index (χ2v) is 6.59. The molecular weight excluding hydrogens is 286 g/mol. The molecule has 0 saturated heterocycles. The molecule has 1 heterocycles. The van der Waals surface area contributed by atoms with Crippen molar-refractivity contribution in [3.63, 3.8) is 0 Å². The molecule has 128 valence electrons. The molecule has 0 saturated carbocycles. The number of aryl methyl sites for hydroxylation is 1. The molecule has 4 heteroatoms. The van der Waals surface area contributed by atoms with Crippen molar-refractivity contribution < 1.29 is 4.74 Å². The Morgan fingerprint density at radius 2 is 1.96 bits per heavy atom. The van der Waals surface area contributed by atoms with E-state index in [-0.39, 0.29) is 0 Å². The van der Waals surface area contributed by atoms with Crippen LogP contribution in [0.5, 0.6) is 5.75 Å². The Bertz CT molecular complexity index is 606. The van der Waals surface area contributed by atoms with Gasteiger partial charge in [0.15, 0.2) is 5.82 Å². The van der Waals surface area contributed by atoms with Gasteiger partial charge in [0.2, 0.25) is 0 Å². The van der Waals surface area contributed by atoms with Crippen molar-refractivity contribution in [2.45, 2.75) is 65.7 Å². The lowest BCUT2D eigenvalue weighted by molar-refractivity contribution is 0.227. The number of nitrogens with zero attached hydrogens (tertiary/aromatic N) is 1. The summed E-state index contributed by atoms with van der Waals surface area (Å²) in [5, 5.41) is 8.05. The first-order valence-electron chi connectivity index (χ1n) is 9.02. The quantitative estimate of drug-likeness (QED) is 0.590. The van der Waals surface area contributed by atoms with Gasteiger partial charge in [-0.1, -0.05) is 46.0 Å². The predicted molar refractivity (Wildman–Crippen MR) is 97.9 cm³/mol. The third-order valence-corrected chi connectivity index (χ3v) is 4.51. The summed E-state index contributed by atoms with van der Waals surface area (Å²) in [6, 6.07) is 4.07. The number of H-pyrrole nitrogens is 1. The molecule has 0 bridgehead atoms. The Hall–Kier alpha value is -1.71. The largest absolute Gasteiger partial charge is 0.493 e. The highest BCUT2D eigenvalue weighted by atomic mass is 16.5. The normalized spacial score (nSPS) is 12.7. The van der Waals surface area contributed by atoms with E-state index in [0.29, 0.717) is 11.7 Å². The minimum absolute atomic E-state index is 0.559. The number of fused-ring (bicyclic) bond motifs is 1. The fourth-order valence-corrected chi connectivity index (χ4v) is 3.24. The van der Waals surface area contributed by atoms with E-state index in [4.69, 9.17) is 10.5 Å². The van der Waals surface area contributed by atoms with Crippen LogP contribution in [-0.4, -0.2) is 16.8 Å². The molecule has 4 nitrogen and oxygen atoms in total. The molecule has 3 N–H and O–H groups in total. The second kappa shape index (κ2) is 8.80. The van der Waals surface area contributed by atoms with Gasteiger partial charge in [0.25, 0.3) is 0 Å². The van der Waals surface area contributed by atoms with E-state index in [0.717, 1.165) is 28.8 Å². The summed E-state index contributed by atoms with van der Waals surface area (Å²) in [6.07, 6.45) is 9.03. The molecule has 2 rings (SSSR count). The number of hydrogen-bond acceptors (Lipinski definition) is 3. The van der Waals surface area contributed by atoms with Crippen molar-refractivity contribution in [2.75, 3.05) is 12.3 Å². The lowest BCUT2D eigenvalue weighted by Crippen LogP contribution is -2.12. The lowest BCUT2D eigenvalue weighted by atomic mass is 9.97. The van der Waals surface area contributed by atoms with Gasteiger partial charge < -0.3 is 10.5 Å². The first kappa shape index (κ1) is 17.6. The van der Waals surface area contributed by atoms with Crippen LogP contribution in [0.2, 0.25) is 0 Å². The zero-order valence-electron chi connectivity index (χ0n) is 14.8. The summed E-state index contributed by atoms with van der Waals surface area (Å²) in [5.74, 6) is 2.12. The van der Waals surface area contributed by atoms with E-state index in [2.05, 4.69) is 37.0 Å². The van der Waals surface area contributed by atoms with Crippen LogP contribution in [0.4, 0.5) is 5.82 Å². The van der Waals surface area contributed by atoms with Crippen LogP contribution in [0.15, 0.2) is 12.1 Å². The number of rotatable bonds is 10. The Morgan fingerprint density at radius 3 is 2.70 bits per heavy atom. The number of benzene rings is 1. The molecule has 0 spiro atoms. The molecule has 1 atom stereocenters. The fraction of sp³-hybridized carbons (Fsp3) is 0.632. The highest BCUT2D eigenvalue weighted by molar-refractivity contribution is 5.92. The number of nitrogen functional groups attached to an aromatic ring is 1. The zero-order chi connectivity index (χ0) is 16.7. The molecular formula is C19H31N3O. The maximum Gasteiger partial charge on any atom is 0.153 e. The number of aromatic nitrogens is 2. The Morgan fingerprint density at radius 1 is 1.13 bits per heavy atom. The molecule has 1 unspecified atom stereocenters. The summed E-state index contributed by atoms with van der Waals surface area (Å²) in [6.45, 7) is 7.36. The molecule has 0 aliphatic rings. The highest BCUT2D eigenvalue weighted by Crippen LogP contribution is 2.28. The standard InChI is InChI=1S/C19H31N3O/c1-4-6-7-8-10-15(9-5-2)13-23-16-11-14(3)18-17(12-16)21-22-19(18)20/h11-12,15H,4-10,13H2,1-3H3,(H3,20,21,22). The highest BCUT2D eigenvalue weighted by Gasteiger charge is 2.11. The van der Waals surface area contributed by atoms with E-state index in [1.54, 1.807) is 0 Å². The summed E-state index contributed by atoms with van der Waals surface area (Å²) < 4.78 is 6.09. The van der Waals surface area contributed by atoms with Crippen molar-refractivity contribution in [3.8, 4) is 5.75 Å². The first-order chi connectivity index (χ1) is 11.2. The van der Waals surface area contributed by atoms with Crippen LogP contribution in [0.1, 0.15) is 64.4 Å². The molecule has 2 aromatic rings. The maximum atomic E-state index is 6.09. The average Bonchev–Trinajstić information content (AvgIpc) is 2.90. The smallest absolute Gasteiger partial charge is 0.153 e. The van der Waals surface area contributed by atoms with E-state index in [1.807, 2.05) is 6.07 Å². The summed E-state index contributed by atoms with van der Waals surface area (Å²) in [7, 11) is 0. The number of anilines is 1. The molecule has 0 fully saturated rings. The minimum Gasteiger partial charge on any atom is -0.493 e. The molecule has 1 aromatic heterocycles. The number of aromatic amines is 1.